The number of nitrogens with one attached hydrogen (secondary N) is 1. The van der Waals surface area contributed by atoms with Gasteiger partial charge in [-0.1, -0.05) is 90.6 Å². The number of anilines is 1. The van der Waals surface area contributed by atoms with Crippen molar-refractivity contribution in [2.75, 3.05) is 5.32 Å². The van der Waals surface area contributed by atoms with Crippen molar-refractivity contribution in [1.82, 2.24) is 4.57 Å². The van der Waals surface area contributed by atoms with Crippen LogP contribution >= 0.6 is 23.1 Å². The van der Waals surface area contributed by atoms with Crippen LogP contribution in [-0.4, -0.2) is 4.57 Å². The number of para-hydroxylation sites is 1. The largest absolute Gasteiger partial charge is 0.368 e. The molecule has 0 spiro atoms. The number of thiophene rings is 1. The molecule has 2 aromatic heterocycles. The number of nitrogens with zero attached hydrogens (tertiary/aromatic N) is 1. The first-order valence-corrected chi connectivity index (χ1v) is 14.9. The first-order valence-electron chi connectivity index (χ1n) is 13.2. The maximum absolute atomic E-state index is 3.92. The number of fused-ring (bicyclic) bond motifs is 10. The van der Waals surface area contributed by atoms with Gasteiger partial charge in [0.15, 0.2) is 0 Å². The minimum Gasteiger partial charge on any atom is -0.368 e. The number of hydrogen-bond acceptors (Lipinski definition) is 3. The van der Waals surface area contributed by atoms with E-state index in [9.17, 15) is 0 Å². The molecule has 0 amide bonds. The fourth-order valence-electron chi connectivity index (χ4n) is 6.30. The molecule has 1 N–H and O–H groups in total. The van der Waals surface area contributed by atoms with E-state index in [1.165, 1.54) is 74.6 Å². The summed E-state index contributed by atoms with van der Waals surface area (Å²) < 4.78 is 5.12. The summed E-state index contributed by atoms with van der Waals surface area (Å²) in [7, 11) is 0. The summed E-state index contributed by atoms with van der Waals surface area (Å²) in [5.41, 5.74) is 6.24. The van der Waals surface area contributed by atoms with Gasteiger partial charge in [0.05, 0.1) is 16.7 Å². The van der Waals surface area contributed by atoms with Crippen LogP contribution in [-0.2, 0) is 0 Å². The van der Waals surface area contributed by atoms with Gasteiger partial charge in [0.2, 0.25) is 0 Å². The van der Waals surface area contributed by atoms with Gasteiger partial charge < -0.3 is 9.88 Å². The maximum Gasteiger partial charge on any atom is 0.103 e. The topological polar surface area (TPSA) is 17.0 Å². The Balaban J connectivity index is 1.26. The molecule has 8 aromatic rings. The van der Waals surface area contributed by atoms with Crippen molar-refractivity contribution in [2.24, 2.45) is 0 Å². The number of rotatable bonds is 2. The van der Waals surface area contributed by atoms with Gasteiger partial charge in [0.1, 0.15) is 5.37 Å². The lowest BCUT2D eigenvalue weighted by atomic mass is 10.0. The fraction of sp³-hybridized carbons (Fsp3) is 0.0286. The fourth-order valence-corrected chi connectivity index (χ4v) is 8.55. The third kappa shape index (κ3) is 3.10. The van der Waals surface area contributed by atoms with E-state index in [0.29, 0.717) is 0 Å². The van der Waals surface area contributed by atoms with Crippen LogP contribution in [0.3, 0.4) is 0 Å². The van der Waals surface area contributed by atoms with Crippen molar-refractivity contribution in [3.63, 3.8) is 0 Å². The number of aromatic nitrogens is 1. The summed E-state index contributed by atoms with van der Waals surface area (Å²) in [5, 5.41) is 12.0. The van der Waals surface area contributed by atoms with Crippen LogP contribution in [0, 0.1) is 0 Å². The van der Waals surface area contributed by atoms with Crippen molar-refractivity contribution in [1.29, 1.82) is 0 Å². The molecule has 2 nitrogen and oxygen atoms in total. The zero-order valence-electron chi connectivity index (χ0n) is 20.9. The molecule has 0 radical (unpaired) electrons. The van der Waals surface area contributed by atoms with Crippen LogP contribution < -0.4 is 5.32 Å². The molecule has 9 rings (SSSR count). The Hall–Kier alpha value is -4.25. The van der Waals surface area contributed by atoms with Crippen LogP contribution in [0.2, 0.25) is 0 Å². The summed E-state index contributed by atoms with van der Waals surface area (Å²) in [6, 6.07) is 44.4. The summed E-state index contributed by atoms with van der Waals surface area (Å²) in [6.45, 7) is 0. The second-order valence-corrected chi connectivity index (χ2v) is 12.4. The van der Waals surface area contributed by atoms with Gasteiger partial charge in [0.25, 0.3) is 0 Å². The molecule has 4 heteroatoms. The second kappa shape index (κ2) is 8.12. The maximum atomic E-state index is 3.92. The standard InChI is InChI=1S/C35H22N2S2/c1-2-9-23(10-3-1)37-27-17-15-21-8-4-5-11-24(21)32(27)25-16-14-22(20-28(25)37)35-36-34-31(39-35)19-18-30-33(34)26-12-6-7-13-29(26)38-30/h1-20,35-36H. The van der Waals surface area contributed by atoms with E-state index in [-0.39, 0.29) is 5.37 Å². The van der Waals surface area contributed by atoms with Crippen molar-refractivity contribution in [3.8, 4) is 5.69 Å². The normalized spacial score (nSPS) is 15.0. The minimum absolute atomic E-state index is 0.160. The molecule has 6 aromatic carbocycles. The molecule has 39 heavy (non-hydrogen) atoms. The Bertz CT molecular complexity index is 2240. The molecule has 0 bridgehead atoms. The van der Waals surface area contributed by atoms with Crippen LogP contribution in [0.5, 0.6) is 0 Å². The van der Waals surface area contributed by atoms with E-state index < -0.39 is 0 Å². The smallest absolute Gasteiger partial charge is 0.103 e. The van der Waals surface area contributed by atoms with E-state index in [1.807, 2.05) is 23.1 Å². The summed E-state index contributed by atoms with van der Waals surface area (Å²) in [6.07, 6.45) is 0. The lowest BCUT2D eigenvalue weighted by Gasteiger charge is -2.13. The molecule has 0 saturated carbocycles. The minimum atomic E-state index is 0.160. The van der Waals surface area contributed by atoms with E-state index in [2.05, 4.69) is 131 Å². The molecule has 1 aliphatic heterocycles. The Labute approximate surface area is 233 Å². The average molecular weight is 535 g/mol. The Kier molecular flexibility index (Phi) is 4.51. The van der Waals surface area contributed by atoms with Crippen molar-refractivity contribution in [3.05, 3.63) is 127 Å². The van der Waals surface area contributed by atoms with Gasteiger partial charge in [-0.2, -0.15) is 0 Å². The molecule has 3 heterocycles. The summed E-state index contributed by atoms with van der Waals surface area (Å²) >= 11 is 3.80. The molecule has 1 aliphatic rings. The van der Waals surface area contributed by atoms with Gasteiger partial charge in [-0.15, -0.1) is 11.3 Å². The highest BCUT2D eigenvalue weighted by molar-refractivity contribution is 8.00. The number of thioether (sulfide) groups is 1. The van der Waals surface area contributed by atoms with Gasteiger partial charge in [-0.25, -0.2) is 0 Å². The quantitative estimate of drug-likeness (QED) is 0.238. The second-order valence-electron chi connectivity index (χ2n) is 10.2. The van der Waals surface area contributed by atoms with E-state index in [0.717, 1.165) is 0 Å². The molecule has 1 unspecified atom stereocenters. The first-order chi connectivity index (χ1) is 19.3. The zero-order valence-corrected chi connectivity index (χ0v) is 22.5. The monoisotopic (exact) mass is 534 g/mol. The van der Waals surface area contributed by atoms with Crippen LogP contribution in [0.1, 0.15) is 10.9 Å². The zero-order chi connectivity index (χ0) is 25.5. The lowest BCUT2D eigenvalue weighted by molar-refractivity contribution is 1.13. The lowest BCUT2D eigenvalue weighted by Crippen LogP contribution is -2.02. The van der Waals surface area contributed by atoms with Gasteiger partial charge in [-0.05, 0) is 58.8 Å². The van der Waals surface area contributed by atoms with Crippen LogP contribution in [0.25, 0.3) is 58.4 Å². The Morgan fingerprint density at radius 3 is 2.33 bits per heavy atom. The number of benzene rings is 6. The van der Waals surface area contributed by atoms with Gasteiger partial charge in [-0.3, -0.25) is 0 Å². The van der Waals surface area contributed by atoms with Gasteiger partial charge >= 0.3 is 0 Å². The summed E-state index contributed by atoms with van der Waals surface area (Å²) in [4.78, 5) is 1.32. The van der Waals surface area contributed by atoms with Crippen molar-refractivity contribution >= 4 is 81.5 Å². The number of hydrogen-bond donors (Lipinski definition) is 1. The average Bonchev–Trinajstić information content (AvgIpc) is 3.68. The third-order valence-corrected chi connectivity index (χ3v) is 10.4. The predicted molar refractivity (Wildman–Crippen MR) is 170 cm³/mol. The molecular weight excluding hydrogens is 513 g/mol. The van der Waals surface area contributed by atoms with Crippen LogP contribution in [0.4, 0.5) is 5.69 Å². The molecule has 184 valence electrons. The molecule has 0 aliphatic carbocycles. The predicted octanol–water partition coefficient (Wildman–Crippen LogP) is 10.5. The van der Waals surface area contributed by atoms with E-state index in [1.54, 1.807) is 0 Å². The summed E-state index contributed by atoms with van der Waals surface area (Å²) in [5.74, 6) is 0. The molecule has 0 saturated heterocycles. The van der Waals surface area contributed by atoms with E-state index in [4.69, 9.17) is 0 Å². The first kappa shape index (κ1) is 21.7. The van der Waals surface area contributed by atoms with Crippen LogP contribution in [0.15, 0.2) is 126 Å². The molecule has 1 atom stereocenters. The van der Waals surface area contributed by atoms with E-state index >= 15 is 0 Å². The SMILES string of the molecule is c1ccc(-n2c3cc(C4Nc5c(ccc6sc7ccccc7c56)S4)ccc3c3c4ccccc4ccc32)cc1. The van der Waals surface area contributed by atoms with Crippen molar-refractivity contribution in [2.45, 2.75) is 10.3 Å². The Morgan fingerprint density at radius 2 is 1.41 bits per heavy atom. The molecular formula is C35H22N2S2. The highest BCUT2D eigenvalue weighted by Crippen LogP contribution is 2.52. The Morgan fingerprint density at radius 1 is 0.590 bits per heavy atom. The van der Waals surface area contributed by atoms with Gasteiger partial charge in [0, 0.05) is 41.5 Å². The highest BCUT2D eigenvalue weighted by Gasteiger charge is 2.27. The third-order valence-electron chi connectivity index (χ3n) is 8.02. The molecule has 0 fully saturated rings. The highest BCUT2D eigenvalue weighted by atomic mass is 32.2. The van der Waals surface area contributed by atoms with Crippen molar-refractivity contribution < 1.29 is 0 Å².